The molecule has 0 atom stereocenters. The molecule has 0 spiro atoms. The molecular formula is C27H20O. The predicted molar refractivity (Wildman–Crippen MR) is 115 cm³/mol. The molecule has 1 nitrogen and oxygen atoms in total. The molecule has 1 heteroatoms. The molecule has 0 heterocycles. The Labute approximate surface area is 165 Å². The zero-order valence-corrected chi connectivity index (χ0v) is 15.6. The van der Waals surface area contributed by atoms with E-state index in [1.807, 2.05) is 42.5 Å². The average Bonchev–Trinajstić information content (AvgIpc) is 2.79. The van der Waals surface area contributed by atoms with Crippen LogP contribution in [0.15, 0.2) is 97.1 Å². The van der Waals surface area contributed by atoms with Gasteiger partial charge in [0.25, 0.3) is 0 Å². The molecule has 0 saturated carbocycles. The standard InChI is InChI=1S/C27H20O/c28-27(21-8-2-1-3-9-21)22-15-13-20(14-16-22)24-11-6-12-25-23-10-5-4-7-19(23)17-18-26(24)25/h1-16H,17-18H2. The maximum absolute atomic E-state index is 12.7. The van der Waals surface area contributed by atoms with Crippen molar-refractivity contribution < 1.29 is 4.79 Å². The molecule has 0 saturated heterocycles. The summed E-state index contributed by atoms with van der Waals surface area (Å²) in [5, 5.41) is 0. The van der Waals surface area contributed by atoms with Crippen molar-refractivity contribution >= 4 is 5.78 Å². The zero-order valence-electron chi connectivity index (χ0n) is 15.6. The van der Waals surface area contributed by atoms with E-state index in [0.717, 1.165) is 24.0 Å². The van der Waals surface area contributed by atoms with Gasteiger partial charge in [0.05, 0.1) is 0 Å². The lowest BCUT2D eigenvalue weighted by molar-refractivity contribution is 0.103. The number of benzene rings is 4. The quantitative estimate of drug-likeness (QED) is 0.389. The zero-order chi connectivity index (χ0) is 18.9. The molecule has 134 valence electrons. The number of aryl methyl sites for hydroxylation is 1. The van der Waals surface area contributed by atoms with E-state index in [1.54, 1.807) is 0 Å². The molecule has 0 aromatic heterocycles. The number of carbonyl (C=O) groups excluding carboxylic acids is 1. The van der Waals surface area contributed by atoms with Crippen molar-refractivity contribution in [1.82, 2.24) is 0 Å². The van der Waals surface area contributed by atoms with E-state index in [-0.39, 0.29) is 5.78 Å². The minimum atomic E-state index is 0.0659. The monoisotopic (exact) mass is 360 g/mol. The highest BCUT2D eigenvalue weighted by Crippen LogP contribution is 2.38. The number of fused-ring (bicyclic) bond motifs is 3. The summed E-state index contributed by atoms with van der Waals surface area (Å²) in [6.45, 7) is 0. The third-order valence-corrected chi connectivity index (χ3v) is 5.62. The molecular weight excluding hydrogens is 340 g/mol. The molecule has 0 N–H and O–H groups in total. The van der Waals surface area contributed by atoms with Gasteiger partial charge in [-0.1, -0.05) is 97.1 Å². The Hall–Kier alpha value is -3.45. The minimum Gasteiger partial charge on any atom is -0.289 e. The highest BCUT2D eigenvalue weighted by atomic mass is 16.1. The molecule has 4 aromatic carbocycles. The molecule has 4 aromatic rings. The van der Waals surface area contributed by atoms with Gasteiger partial charge in [-0.15, -0.1) is 0 Å². The second-order valence-electron chi connectivity index (χ2n) is 7.26. The summed E-state index contributed by atoms with van der Waals surface area (Å²) < 4.78 is 0. The van der Waals surface area contributed by atoms with Crippen LogP contribution in [-0.4, -0.2) is 5.78 Å². The van der Waals surface area contributed by atoms with Crippen molar-refractivity contribution in [2.45, 2.75) is 12.8 Å². The fourth-order valence-electron chi connectivity index (χ4n) is 4.20. The molecule has 5 rings (SSSR count). The summed E-state index contributed by atoms with van der Waals surface area (Å²) in [6.07, 6.45) is 2.12. The minimum absolute atomic E-state index is 0.0659. The van der Waals surface area contributed by atoms with E-state index in [0.29, 0.717) is 0 Å². The molecule has 1 aliphatic carbocycles. The van der Waals surface area contributed by atoms with Crippen LogP contribution in [0, 0.1) is 0 Å². The van der Waals surface area contributed by atoms with Crippen LogP contribution in [0.5, 0.6) is 0 Å². The van der Waals surface area contributed by atoms with Crippen LogP contribution in [0.1, 0.15) is 27.0 Å². The first kappa shape index (κ1) is 16.7. The van der Waals surface area contributed by atoms with Gasteiger partial charge >= 0.3 is 0 Å². The Morgan fingerprint density at radius 3 is 2.00 bits per heavy atom. The predicted octanol–water partition coefficient (Wildman–Crippen LogP) is 6.35. The summed E-state index contributed by atoms with van der Waals surface area (Å²) in [6, 6.07) is 32.7. The van der Waals surface area contributed by atoms with Crippen LogP contribution < -0.4 is 0 Å². The van der Waals surface area contributed by atoms with Gasteiger partial charge in [-0.3, -0.25) is 4.79 Å². The lowest BCUT2D eigenvalue weighted by Gasteiger charge is -2.22. The molecule has 0 fully saturated rings. The topological polar surface area (TPSA) is 17.1 Å². The molecule has 28 heavy (non-hydrogen) atoms. The van der Waals surface area contributed by atoms with Gasteiger partial charge in [0.15, 0.2) is 5.78 Å². The van der Waals surface area contributed by atoms with Crippen molar-refractivity contribution in [3.63, 3.8) is 0 Å². The van der Waals surface area contributed by atoms with Crippen LogP contribution >= 0.6 is 0 Å². The number of carbonyl (C=O) groups is 1. The summed E-state index contributed by atoms with van der Waals surface area (Å²) in [7, 11) is 0. The van der Waals surface area contributed by atoms with Gasteiger partial charge in [-0.25, -0.2) is 0 Å². The number of ketones is 1. The van der Waals surface area contributed by atoms with Crippen molar-refractivity contribution in [2.75, 3.05) is 0 Å². The van der Waals surface area contributed by atoms with E-state index < -0.39 is 0 Å². The van der Waals surface area contributed by atoms with Gasteiger partial charge in [0, 0.05) is 11.1 Å². The number of rotatable bonds is 3. The largest absolute Gasteiger partial charge is 0.289 e. The fourth-order valence-corrected chi connectivity index (χ4v) is 4.20. The van der Waals surface area contributed by atoms with Gasteiger partial charge in [0.2, 0.25) is 0 Å². The summed E-state index contributed by atoms with van der Waals surface area (Å²) in [4.78, 5) is 12.7. The molecule has 0 unspecified atom stereocenters. The van der Waals surface area contributed by atoms with Crippen molar-refractivity contribution in [1.29, 1.82) is 0 Å². The summed E-state index contributed by atoms with van der Waals surface area (Å²) in [5.41, 5.74) is 9.41. The Bertz CT molecular complexity index is 1150. The van der Waals surface area contributed by atoms with Crippen molar-refractivity contribution in [2.24, 2.45) is 0 Å². The van der Waals surface area contributed by atoms with Crippen LogP contribution in [-0.2, 0) is 12.8 Å². The molecule has 1 aliphatic rings. The maximum Gasteiger partial charge on any atom is 0.193 e. The lowest BCUT2D eigenvalue weighted by Crippen LogP contribution is -2.05. The third kappa shape index (κ3) is 2.86. The van der Waals surface area contributed by atoms with Crippen LogP contribution in [0.25, 0.3) is 22.3 Å². The van der Waals surface area contributed by atoms with Gasteiger partial charge < -0.3 is 0 Å². The van der Waals surface area contributed by atoms with E-state index in [4.69, 9.17) is 0 Å². The second kappa shape index (κ2) is 6.94. The van der Waals surface area contributed by atoms with Crippen LogP contribution in [0.3, 0.4) is 0 Å². The Kier molecular flexibility index (Phi) is 4.14. The average molecular weight is 360 g/mol. The Morgan fingerprint density at radius 2 is 1.18 bits per heavy atom. The first-order valence-electron chi connectivity index (χ1n) is 9.71. The smallest absolute Gasteiger partial charge is 0.193 e. The highest BCUT2D eigenvalue weighted by Gasteiger charge is 2.19. The Morgan fingerprint density at radius 1 is 0.536 bits per heavy atom. The fraction of sp³-hybridized carbons (Fsp3) is 0.0741. The maximum atomic E-state index is 12.7. The lowest BCUT2D eigenvalue weighted by atomic mass is 9.82. The number of hydrogen-bond acceptors (Lipinski definition) is 1. The first-order chi connectivity index (χ1) is 13.8. The normalized spacial score (nSPS) is 12.1. The first-order valence-corrected chi connectivity index (χ1v) is 9.71. The van der Waals surface area contributed by atoms with E-state index >= 15 is 0 Å². The summed E-state index contributed by atoms with van der Waals surface area (Å²) in [5.74, 6) is 0.0659. The molecule has 0 amide bonds. The molecule has 0 aliphatic heterocycles. The van der Waals surface area contributed by atoms with Crippen LogP contribution in [0.4, 0.5) is 0 Å². The van der Waals surface area contributed by atoms with E-state index in [2.05, 4.69) is 54.6 Å². The van der Waals surface area contributed by atoms with Crippen molar-refractivity contribution in [3.8, 4) is 22.3 Å². The highest BCUT2D eigenvalue weighted by molar-refractivity contribution is 6.09. The number of hydrogen-bond donors (Lipinski definition) is 0. The Balaban J connectivity index is 1.53. The van der Waals surface area contributed by atoms with Crippen molar-refractivity contribution in [3.05, 3.63) is 119 Å². The van der Waals surface area contributed by atoms with Gasteiger partial charge in [0.1, 0.15) is 0 Å². The SMILES string of the molecule is O=C(c1ccccc1)c1ccc(-c2cccc3c2CCc2ccccc2-3)cc1. The summed E-state index contributed by atoms with van der Waals surface area (Å²) >= 11 is 0. The van der Waals surface area contributed by atoms with E-state index in [9.17, 15) is 4.79 Å². The van der Waals surface area contributed by atoms with Gasteiger partial charge in [-0.2, -0.15) is 0 Å². The molecule has 0 radical (unpaired) electrons. The third-order valence-electron chi connectivity index (χ3n) is 5.62. The van der Waals surface area contributed by atoms with E-state index in [1.165, 1.54) is 33.4 Å². The second-order valence-corrected chi connectivity index (χ2v) is 7.26. The van der Waals surface area contributed by atoms with Gasteiger partial charge in [-0.05, 0) is 46.2 Å². The van der Waals surface area contributed by atoms with Crippen LogP contribution in [0.2, 0.25) is 0 Å². The molecule has 0 bridgehead atoms.